The van der Waals surface area contributed by atoms with Crippen LogP contribution in [0.2, 0.25) is 0 Å². The summed E-state index contributed by atoms with van der Waals surface area (Å²) in [5.74, 6) is 0.798. The molecule has 0 saturated carbocycles. The summed E-state index contributed by atoms with van der Waals surface area (Å²) in [6, 6.07) is 8.14. The van der Waals surface area contributed by atoms with Gasteiger partial charge in [-0.05, 0) is 31.5 Å². The molecule has 0 amide bonds. The van der Waals surface area contributed by atoms with Gasteiger partial charge in [-0.1, -0.05) is 17.7 Å². The average Bonchev–Trinajstić information content (AvgIpc) is 2.24. The smallest absolute Gasteiger partial charge is 0.321 e. The second kappa shape index (κ2) is 4.09. The molecule has 0 unspecified atom stereocenters. The summed E-state index contributed by atoms with van der Waals surface area (Å²) in [5.41, 5.74) is 2.30. The number of aryl methyl sites for hydroxylation is 2. The van der Waals surface area contributed by atoms with Gasteiger partial charge in [0.2, 0.25) is 0 Å². The molecule has 0 bridgehead atoms. The third-order valence-electron chi connectivity index (χ3n) is 2.07. The Kier molecular flexibility index (Phi) is 2.63. The Labute approximate surface area is 88.8 Å². The standard InChI is InChI=1S/C12H12N2O/c1-9-4-5-11(10(2)8-9)15-12-13-6-3-7-14-12/h3-8H,1-2H3. The zero-order chi connectivity index (χ0) is 10.7. The van der Waals surface area contributed by atoms with Crippen LogP contribution in [0.3, 0.4) is 0 Å². The van der Waals surface area contributed by atoms with Crippen LogP contribution >= 0.6 is 0 Å². The molecule has 0 aliphatic heterocycles. The van der Waals surface area contributed by atoms with Crippen molar-refractivity contribution in [2.24, 2.45) is 0 Å². The second-order valence-electron chi connectivity index (χ2n) is 3.40. The van der Waals surface area contributed by atoms with Gasteiger partial charge in [0.1, 0.15) is 5.75 Å². The van der Waals surface area contributed by atoms with Gasteiger partial charge in [0, 0.05) is 12.4 Å². The first-order chi connectivity index (χ1) is 7.25. The van der Waals surface area contributed by atoms with Crippen LogP contribution in [-0.4, -0.2) is 9.97 Å². The van der Waals surface area contributed by atoms with Crippen LogP contribution in [0, 0.1) is 13.8 Å². The first kappa shape index (κ1) is 9.65. The van der Waals surface area contributed by atoms with Crippen LogP contribution in [0.4, 0.5) is 0 Å². The SMILES string of the molecule is Cc1ccc(Oc2ncccn2)c(C)c1. The van der Waals surface area contributed by atoms with Gasteiger partial charge in [-0.15, -0.1) is 0 Å². The first-order valence-corrected chi connectivity index (χ1v) is 4.78. The van der Waals surface area contributed by atoms with E-state index in [0.717, 1.165) is 11.3 Å². The summed E-state index contributed by atoms with van der Waals surface area (Å²) in [5, 5.41) is 0. The van der Waals surface area contributed by atoms with Gasteiger partial charge in [-0.3, -0.25) is 0 Å². The van der Waals surface area contributed by atoms with Gasteiger partial charge in [0.15, 0.2) is 0 Å². The van der Waals surface area contributed by atoms with Gasteiger partial charge in [-0.25, -0.2) is 9.97 Å². The summed E-state index contributed by atoms with van der Waals surface area (Å²) >= 11 is 0. The molecule has 2 aromatic rings. The maximum absolute atomic E-state index is 5.54. The van der Waals surface area contributed by atoms with E-state index in [9.17, 15) is 0 Å². The zero-order valence-electron chi connectivity index (χ0n) is 8.77. The van der Waals surface area contributed by atoms with E-state index in [1.807, 2.05) is 19.1 Å². The first-order valence-electron chi connectivity index (χ1n) is 4.78. The highest BCUT2D eigenvalue weighted by Crippen LogP contribution is 2.22. The quantitative estimate of drug-likeness (QED) is 0.747. The average molecular weight is 200 g/mol. The fourth-order valence-electron chi connectivity index (χ4n) is 1.35. The van der Waals surface area contributed by atoms with E-state index in [2.05, 4.69) is 23.0 Å². The van der Waals surface area contributed by atoms with Crippen molar-refractivity contribution < 1.29 is 4.74 Å². The Morgan fingerprint density at radius 2 is 1.80 bits per heavy atom. The van der Waals surface area contributed by atoms with Crippen LogP contribution in [0.15, 0.2) is 36.7 Å². The molecule has 1 heterocycles. The molecule has 1 aromatic carbocycles. The summed E-state index contributed by atoms with van der Waals surface area (Å²) in [6.45, 7) is 4.06. The van der Waals surface area contributed by atoms with Crippen LogP contribution in [0.1, 0.15) is 11.1 Å². The molecule has 0 aliphatic carbocycles. The van der Waals surface area contributed by atoms with Gasteiger partial charge < -0.3 is 4.74 Å². The van der Waals surface area contributed by atoms with Crippen molar-refractivity contribution >= 4 is 0 Å². The molecule has 76 valence electrons. The van der Waals surface area contributed by atoms with E-state index in [1.54, 1.807) is 18.5 Å². The largest absolute Gasteiger partial charge is 0.424 e. The highest BCUT2D eigenvalue weighted by atomic mass is 16.5. The van der Waals surface area contributed by atoms with E-state index in [0.29, 0.717) is 6.01 Å². The lowest BCUT2D eigenvalue weighted by molar-refractivity contribution is 0.438. The fraction of sp³-hybridized carbons (Fsp3) is 0.167. The Bertz CT molecular complexity index is 454. The Morgan fingerprint density at radius 3 is 2.47 bits per heavy atom. The Hall–Kier alpha value is -1.90. The van der Waals surface area contributed by atoms with Gasteiger partial charge in [-0.2, -0.15) is 0 Å². The molecule has 0 aliphatic rings. The maximum Gasteiger partial charge on any atom is 0.321 e. The predicted molar refractivity (Wildman–Crippen MR) is 58.0 cm³/mol. The molecule has 0 atom stereocenters. The van der Waals surface area contributed by atoms with Gasteiger partial charge in [0.25, 0.3) is 0 Å². The molecule has 3 nitrogen and oxygen atoms in total. The third-order valence-corrected chi connectivity index (χ3v) is 2.07. The summed E-state index contributed by atoms with van der Waals surface area (Å²) in [4.78, 5) is 8.01. The third kappa shape index (κ3) is 2.31. The normalized spacial score (nSPS) is 10.0. The number of rotatable bonds is 2. The van der Waals surface area contributed by atoms with E-state index < -0.39 is 0 Å². The molecule has 15 heavy (non-hydrogen) atoms. The Morgan fingerprint density at radius 1 is 1.07 bits per heavy atom. The summed E-state index contributed by atoms with van der Waals surface area (Å²) in [7, 11) is 0. The highest BCUT2D eigenvalue weighted by molar-refractivity contribution is 5.37. The number of benzene rings is 1. The number of ether oxygens (including phenoxy) is 1. The summed E-state index contributed by atoms with van der Waals surface area (Å²) in [6.07, 6.45) is 3.32. The minimum Gasteiger partial charge on any atom is -0.424 e. The van der Waals surface area contributed by atoms with Crippen LogP contribution in [0.5, 0.6) is 11.8 Å². The van der Waals surface area contributed by atoms with E-state index >= 15 is 0 Å². The van der Waals surface area contributed by atoms with Crippen LogP contribution < -0.4 is 4.74 Å². The van der Waals surface area contributed by atoms with Crippen molar-refractivity contribution in [1.29, 1.82) is 0 Å². The highest BCUT2D eigenvalue weighted by Gasteiger charge is 2.02. The minimum absolute atomic E-state index is 0.379. The molecule has 1 aromatic heterocycles. The van der Waals surface area contributed by atoms with Crippen LogP contribution in [-0.2, 0) is 0 Å². The number of hydrogen-bond donors (Lipinski definition) is 0. The second-order valence-corrected chi connectivity index (χ2v) is 3.40. The lowest BCUT2D eigenvalue weighted by atomic mass is 10.1. The number of nitrogens with zero attached hydrogens (tertiary/aromatic N) is 2. The predicted octanol–water partition coefficient (Wildman–Crippen LogP) is 2.89. The van der Waals surface area contributed by atoms with Gasteiger partial charge >= 0.3 is 6.01 Å². The zero-order valence-corrected chi connectivity index (χ0v) is 8.77. The molecule has 2 rings (SSSR count). The molecule has 0 fully saturated rings. The number of hydrogen-bond acceptors (Lipinski definition) is 3. The maximum atomic E-state index is 5.54. The molecule has 0 saturated heterocycles. The van der Waals surface area contributed by atoms with Crippen molar-refractivity contribution in [2.75, 3.05) is 0 Å². The van der Waals surface area contributed by atoms with Gasteiger partial charge in [0.05, 0.1) is 0 Å². The van der Waals surface area contributed by atoms with Crippen molar-refractivity contribution in [3.05, 3.63) is 47.8 Å². The van der Waals surface area contributed by atoms with E-state index in [1.165, 1.54) is 5.56 Å². The topological polar surface area (TPSA) is 35.0 Å². The van der Waals surface area contributed by atoms with E-state index in [-0.39, 0.29) is 0 Å². The minimum atomic E-state index is 0.379. The van der Waals surface area contributed by atoms with Crippen LogP contribution in [0.25, 0.3) is 0 Å². The molecule has 3 heteroatoms. The van der Waals surface area contributed by atoms with Crippen molar-refractivity contribution in [3.63, 3.8) is 0 Å². The molecular formula is C12H12N2O. The molecule has 0 N–H and O–H groups in total. The van der Waals surface area contributed by atoms with E-state index in [4.69, 9.17) is 4.74 Å². The van der Waals surface area contributed by atoms with Crippen molar-refractivity contribution in [3.8, 4) is 11.8 Å². The lowest BCUT2D eigenvalue weighted by Gasteiger charge is -2.06. The fourth-order valence-corrected chi connectivity index (χ4v) is 1.35. The monoisotopic (exact) mass is 200 g/mol. The molecular weight excluding hydrogens is 188 g/mol. The summed E-state index contributed by atoms with van der Waals surface area (Å²) < 4.78 is 5.54. The molecule has 0 spiro atoms. The number of aromatic nitrogens is 2. The Balaban J connectivity index is 2.25. The van der Waals surface area contributed by atoms with Crippen molar-refractivity contribution in [2.45, 2.75) is 13.8 Å². The molecule has 0 radical (unpaired) electrons. The van der Waals surface area contributed by atoms with Crippen molar-refractivity contribution in [1.82, 2.24) is 9.97 Å². The lowest BCUT2D eigenvalue weighted by Crippen LogP contribution is -1.92.